The zero-order valence-electron chi connectivity index (χ0n) is 16.2. The Bertz CT molecular complexity index is 812. The summed E-state index contributed by atoms with van der Waals surface area (Å²) in [6.07, 6.45) is 7.23. The van der Waals surface area contributed by atoms with E-state index < -0.39 is 0 Å². The molecule has 8 nitrogen and oxygen atoms in total. The van der Waals surface area contributed by atoms with Gasteiger partial charge in [-0.25, -0.2) is 0 Å². The van der Waals surface area contributed by atoms with Gasteiger partial charge < -0.3 is 18.7 Å². The number of likely N-dealkylation sites (tertiary alicyclic amines) is 1. The van der Waals surface area contributed by atoms with Crippen molar-refractivity contribution in [2.75, 3.05) is 19.6 Å². The second kappa shape index (κ2) is 8.16. The van der Waals surface area contributed by atoms with Gasteiger partial charge in [-0.3, -0.25) is 9.59 Å². The Labute approximate surface area is 163 Å². The average Bonchev–Trinajstić information content (AvgIpc) is 3.32. The van der Waals surface area contributed by atoms with Crippen molar-refractivity contribution >= 4 is 11.8 Å². The van der Waals surface area contributed by atoms with E-state index in [0.717, 1.165) is 31.6 Å². The zero-order chi connectivity index (χ0) is 19.5. The number of hydrogen-bond donors (Lipinski definition) is 0. The molecule has 1 atom stereocenters. The molecular formula is C20H26N4O4. The maximum Gasteiger partial charge on any atom is 0.289 e. The molecule has 0 N–H and O–H groups in total. The van der Waals surface area contributed by atoms with Crippen LogP contribution in [0.2, 0.25) is 0 Å². The first-order valence-corrected chi connectivity index (χ1v) is 10.0. The lowest BCUT2D eigenvalue weighted by Crippen LogP contribution is -2.51. The van der Waals surface area contributed by atoms with Crippen LogP contribution in [0.15, 0.2) is 27.3 Å². The van der Waals surface area contributed by atoms with Crippen LogP contribution in [-0.2, 0) is 11.2 Å². The summed E-state index contributed by atoms with van der Waals surface area (Å²) in [4.78, 5) is 33.0. The van der Waals surface area contributed by atoms with Crippen LogP contribution in [0.25, 0.3) is 0 Å². The van der Waals surface area contributed by atoms with Crippen molar-refractivity contribution in [2.24, 2.45) is 0 Å². The Hall–Kier alpha value is -2.64. The Balaban J connectivity index is 1.37. The molecule has 0 spiro atoms. The van der Waals surface area contributed by atoms with E-state index >= 15 is 0 Å². The highest BCUT2D eigenvalue weighted by molar-refractivity contribution is 5.91. The Morgan fingerprint density at radius 1 is 1.29 bits per heavy atom. The number of furan rings is 1. The number of amides is 2. The Kier molecular flexibility index (Phi) is 5.45. The summed E-state index contributed by atoms with van der Waals surface area (Å²) >= 11 is 0. The lowest BCUT2D eigenvalue weighted by Gasteiger charge is -2.38. The van der Waals surface area contributed by atoms with Crippen LogP contribution in [0.4, 0.5) is 0 Å². The van der Waals surface area contributed by atoms with Crippen LogP contribution >= 0.6 is 0 Å². The third-order valence-corrected chi connectivity index (χ3v) is 5.78. The number of aromatic nitrogens is 2. The van der Waals surface area contributed by atoms with Gasteiger partial charge in [0, 0.05) is 44.9 Å². The molecule has 8 heteroatoms. The standard InChI is InChI=1S/C20H26N4O4/c1-14(25)24(11-9-18-21-19(28-22-18)15-5-2-6-15)16-7-3-10-23(13-16)20(26)17-8-4-12-27-17/h4,8,12,15-16H,2-3,5-7,9-11,13H2,1H3. The predicted octanol–water partition coefficient (Wildman–Crippen LogP) is 2.63. The van der Waals surface area contributed by atoms with Crippen LogP contribution in [0.3, 0.4) is 0 Å². The maximum atomic E-state index is 12.6. The molecule has 2 aromatic heterocycles. The van der Waals surface area contributed by atoms with E-state index in [9.17, 15) is 9.59 Å². The van der Waals surface area contributed by atoms with E-state index in [1.807, 2.05) is 4.90 Å². The predicted molar refractivity (Wildman–Crippen MR) is 99.6 cm³/mol. The SMILES string of the molecule is CC(=O)N(CCc1noc(C2CCC2)n1)C1CCCN(C(=O)c2ccco2)C1. The largest absolute Gasteiger partial charge is 0.459 e. The number of carbonyl (C=O) groups is 2. The zero-order valence-corrected chi connectivity index (χ0v) is 16.2. The second-order valence-electron chi connectivity index (χ2n) is 7.66. The number of carbonyl (C=O) groups excluding carboxylic acids is 2. The van der Waals surface area contributed by atoms with Gasteiger partial charge in [-0.05, 0) is 37.8 Å². The molecule has 1 saturated heterocycles. The molecule has 3 heterocycles. The molecule has 1 aliphatic heterocycles. The highest BCUT2D eigenvalue weighted by Gasteiger charge is 2.31. The number of rotatable bonds is 6. The van der Waals surface area contributed by atoms with Crippen molar-refractivity contribution in [3.8, 4) is 0 Å². The minimum absolute atomic E-state index is 0.00000821. The van der Waals surface area contributed by atoms with Gasteiger partial charge in [-0.2, -0.15) is 4.98 Å². The van der Waals surface area contributed by atoms with Gasteiger partial charge in [0.15, 0.2) is 11.6 Å². The number of piperidine rings is 1. The molecule has 1 unspecified atom stereocenters. The summed E-state index contributed by atoms with van der Waals surface area (Å²) in [5, 5.41) is 4.07. The van der Waals surface area contributed by atoms with Crippen LogP contribution in [0.1, 0.15) is 67.2 Å². The van der Waals surface area contributed by atoms with Gasteiger partial charge in [-0.1, -0.05) is 11.6 Å². The molecule has 2 aromatic rings. The summed E-state index contributed by atoms with van der Waals surface area (Å²) in [6, 6.07) is 3.37. The molecule has 0 aromatic carbocycles. The van der Waals surface area contributed by atoms with E-state index in [2.05, 4.69) is 10.1 Å². The summed E-state index contributed by atoms with van der Waals surface area (Å²) < 4.78 is 10.6. The van der Waals surface area contributed by atoms with Crippen molar-refractivity contribution in [1.82, 2.24) is 19.9 Å². The first-order chi connectivity index (χ1) is 13.6. The third-order valence-electron chi connectivity index (χ3n) is 5.78. The first-order valence-electron chi connectivity index (χ1n) is 10.0. The lowest BCUT2D eigenvalue weighted by molar-refractivity contribution is -0.132. The van der Waals surface area contributed by atoms with Crippen molar-refractivity contribution in [3.05, 3.63) is 35.9 Å². The Morgan fingerprint density at radius 2 is 2.14 bits per heavy atom. The molecule has 2 fully saturated rings. The van der Waals surface area contributed by atoms with Gasteiger partial charge >= 0.3 is 0 Å². The van der Waals surface area contributed by atoms with Crippen molar-refractivity contribution in [3.63, 3.8) is 0 Å². The molecule has 28 heavy (non-hydrogen) atoms. The maximum absolute atomic E-state index is 12.6. The van der Waals surface area contributed by atoms with E-state index in [0.29, 0.717) is 43.6 Å². The fourth-order valence-electron chi connectivity index (χ4n) is 3.96. The minimum Gasteiger partial charge on any atom is -0.459 e. The molecule has 1 saturated carbocycles. The topological polar surface area (TPSA) is 92.7 Å². The van der Waals surface area contributed by atoms with Crippen LogP contribution in [0.5, 0.6) is 0 Å². The van der Waals surface area contributed by atoms with Crippen molar-refractivity contribution in [2.45, 2.75) is 57.4 Å². The number of hydrogen-bond acceptors (Lipinski definition) is 6. The molecular weight excluding hydrogens is 360 g/mol. The summed E-state index contributed by atoms with van der Waals surface area (Å²) in [6.45, 7) is 3.28. The number of nitrogens with zero attached hydrogens (tertiary/aromatic N) is 4. The van der Waals surface area contributed by atoms with Gasteiger partial charge in [-0.15, -0.1) is 0 Å². The summed E-state index contributed by atoms with van der Waals surface area (Å²) in [5.41, 5.74) is 0. The van der Waals surface area contributed by atoms with Gasteiger partial charge in [0.2, 0.25) is 11.8 Å². The molecule has 150 valence electrons. The van der Waals surface area contributed by atoms with Crippen molar-refractivity contribution in [1.29, 1.82) is 0 Å². The van der Waals surface area contributed by atoms with E-state index in [4.69, 9.17) is 8.94 Å². The van der Waals surface area contributed by atoms with Gasteiger partial charge in [0.1, 0.15) is 0 Å². The van der Waals surface area contributed by atoms with Crippen LogP contribution in [-0.4, -0.2) is 57.4 Å². The van der Waals surface area contributed by atoms with Crippen molar-refractivity contribution < 1.29 is 18.5 Å². The van der Waals surface area contributed by atoms with Gasteiger partial charge in [0.05, 0.1) is 6.26 Å². The lowest BCUT2D eigenvalue weighted by atomic mass is 9.85. The third kappa shape index (κ3) is 3.95. The van der Waals surface area contributed by atoms with Crippen LogP contribution in [0, 0.1) is 0 Å². The highest BCUT2D eigenvalue weighted by atomic mass is 16.5. The fraction of sp³-hybridized carbons (Fsp3) is 0.600. The molecule has 2 aliphatic rings. The highest BCUT2D eigenvalue weighted by Crippen LogP contribution is 2.35. The van der Waals surface area contributed by atoms with E-state index in [1.54, 1.807) is 24.0 Å². The average molecular weight is 386 g/mol. The fourth-order valence-corrected chi connectivity index (χ4v) is 3.96. The molecule has 2 amide bonds. The smallest absolute Gasteiger partial charge is 0.289 e. The monoisotopic (exact) mass is 386 g/mol. The second-order valence-corrected chi connectivity index (χ2v) is 7.66. The summed E-state index contributed by atoms with van der Waals surface area (Å²) in [5.74, 6) is 1.99. The van der Waals surface area contributed by atoms with Crippen LogP contribution < -0.4 is 0 Å². The Morgan fingerprint density at radius 3 is 2.82 bits per heavy atom. The summed E-state index contributed by atoms with van der Waals surface area (Å²) in [7, 11) is 0. The van der Waals surface area contributed by atoms with E-state index in [-0.39, 0.29) is 17.9 Å². The first kappa shape index (κ1) is 18.7. The molecule has 0 radical (unpaired) electrons. The van der Waals surface area contributed by atoms with Gasteiger partial charge in [0.25, 0.3) is 5.91 Å². The molecule has 1 aliphatic carbocycles. The molecule has 4 rings (SSSR count). The quantitative estimate of drug-likeness (QED) is 0.758. The normalized spacial score (nSPS) is 20.0. The van der Waals surface area contributed by atoms with E-state index in [1.165, 1.54) is 12.7 Å². The molecule has 0 bridgehead atoms. The minimum atomic E-state index is -0.124.